The fourth-order valence-electron chi connectivity index (χ4n) is 3.38. The van der Waals surface area contributed by atoms with E-state index < -0.39 is 10.0 Å². The van der Waals surface area contributed by atoms with E-state index in [2.05, 4.69) is 0 Å². The number of aryl methyl sites for hydroxylation is 3. The Bertz CT molecular complexity index is 698. The van der Waals surface area contributed by atoms with E-state index in [1.165, 1.54) is 4.31 Å². The molecule has 1 fully saturated rings. The van der Waals surface area contributed by atoms with Crippen LogP contribution in [0, 0.1) is 26.7 Å². The van der Waals surface area contributed by atoms with Crippen LogP contribution in [0.5, 0.6) is 0 Å². The molecule has 0 radical (unpaired) electrons. The summed E-state index contributed by atoms with van der Waals surface area (Å²) in [6.07, 6.45) is 0.962. The molecule has 0 N–H and O–H groups in total. The molecule has 2 rings (SSSR count). The summed E-state index contributed by atoms with van der Waals surface area (Å²) in [5.41, 5.74) is 2.57. The van der Waals surface area contributed by atoms with E-state index in [4.69, 9.17) is 9.47 Å². The van der Waals surface area contributed by atoms with Crippen molar-refractivity contribution < 1.29 is 22.7 Å². The maximum absolute atomic E-state index is 13.0. The molecule has 25 heavy (non-hydrogen) atoms. The Morgan fingerprint density at radius 1 is 1.12 bits per heavy atom. The highest BCUT2D eigenvalue weighted by molar-refractivity contribution is 7.89. The van der Waals surface area contributed by atoms with Crippen molar-refractivity contribution >= 4 is 16.0 Å². The number of nitrogens with zero attached hydrogens (tertiary/aromatic N) is 1. The SMILES string of the molecule is COCCOC(=O)C1CCN(S(=O)(=O)c2c(C)cc(C)cc2C)CC1. The predicted octanol–water partition coefficient (Wildman–Crippen LogP) is 2.20. The van der Waals surface area contributed by atoms with Gasteiger partial charge < -0.3 is 9.47 Å². The first kappa shape index (κ1) is 19.9. The molecule has 0 unspecified atom stereocenters. The first-order valence-electron chi connectivity index (χ1n) is 8.51. The van der Waals surface area contributed by atoms with Crippen molar-refractivity contribution in [2.75, 3.05) is 33.4 Å². The average Bonchev–Trinajstić information content (AvgIpc) is 2.54. The van der Waals surface area contributed by atoms with Gasteiger partial charge in [0.2, 0.25) is 10.0 Å². The van der Waals surface area contributed by atoms with Crippen molar-refractivity contribution in [3.8, 4) is 0 Å². The zero-order valence-electron chi connectivity index (χ0n) is 15.4. The van der Waals surface area contributed by atoms with E-state index in [0.717, 1.165) is 16.7 Å². The number of hydrogen-bond donors (Lipinski definition) is 0. The molecule has 1 heterocycles. The highest BCUT2D eigenvalue weighted by atomic mass is 32.2. The molecule has 1 saturated heterocycles. The second-order valence-corrected chi connectivity index (χ2v) is 8.44. The number of hydrogen-bond acceptors (Lipinski definition) is 5. The second kappa shape index (κ2) is 8.29. The van der Waals surface area contributed by atoms with E-state index in [9.17, 15) is 13.2 Å². The van der Waals surface area contributed by atoms with Gasteiger partial charge in [-0.05, 0) is 44.7 Å². The lowest BCUT2D eigenvalue weighted by molar-refractivity contribution is -0.151. The highest BCUT2D eigenvalue weighted by Gasteiger charge is 2.34. The number of ether oxygens (including phenoxy) is 2. The lowest BCUT2D eigenvalue weighted by atomic mass is 9.98. The lowest BCUT2D eigenvalue weighted by Crippen LogP contribution is -2.41. The van der Waals surface area contributed by atoms with E-state index in [1.54, 1.807) is 7.11 Å². The Balaban J connectivity index is 2.06. The van der Waals surface area contributed by atoms with Crippen LogP contribution >= 0.6 is 0 Å². The van der Waals surface area contributed by atoms with Gasteiger partial charge in [-0.2, -0.15) is 4.31 Å². The molecule has 1 aliphatic rings. The van der Waals surface area contributed by atoms with Crippen LogP contribution in [0.1, 0.15) is 29.5 Å². The van der Waals surface area contributed by atoms with Crippen molar-refractivity contribution in [3.63, 3.8) is 0 Å². The number of esters is 1. The molecule has 140 valence electrons. The van der Waals surface area contributed by atoms with Crippen LogP contribution in [-0.2, 0) is 24.3 Å². The summed E-state index contributed by atoms with van der Waals surface area (Å²) >= 11 is 0. The largest absolute Gasteiger partial charge is 0.463 e. The van der Waals surface area contributed by atoms with Gasteiger partial charge in [0.15, 0.2) is 0 Å². The Hall–Kier alpha value is -1.44. The van der Waals surface area contributed by atoms with Crippen LogP contribution in [0.25, 0.3) is 0 Å². The molecule has 7 heteroatoms. The van der Waals surface area contributed by atoms with Crippen LogP contribution in [0.3, 0.4) is 0 Å². The van der Waals surface area contributed by atoms with E-state index in [0.29, 0.717) is 37.4 Å². The molecule has 0 spiro atoms. The van der Waals surface area contributed by atoms with Crippen molar-refractivity contribution in [2.24, 2.45) is 5.92 Å². The molecule has 6 nitrogen and oxygen atoms in total. The van der Waals surface area contributed by atoms with Crippen molar-refractivity contribution in [2.45, 2.75) is 38.5 Å². The Morgan fingerprint density at radius 2 is 1.68 bits per heavy atom. The monoisotopic (exact) mass is 369 g/mol. The van der Waals surface area contributed by atoms with Gasteiger partial charge in [-0.25, -0.2) is 8.42 Å². The number of carbonyl (C=O) groups excluding carboxylic acids is 1. The first-order valence-corrected chi connectivity index (χ1v) is 9.95. The summed E-state index contributed by atoms with van der Waals surface area (Å²) in [5.74, 6) is -0.514. The van der Waals surface area contributed by atoms with E-state index >= 15 is 0 Å². The van der Waals surface area contributed by atoms with Gasteiger partial charge in [0, 0.05) is 20.2 Å². The minimum atomic E-state index is -3.55. The van der Waals surface area contributed by atoms with Crippen LogP contribution in [0.4, 0.5) is 0 Å². The maximum Gasteiger partial charge on any atom is 0.309 e. The normalized spacial score (nSPS) is 16.8. The smallest absolute Gasteiger partial charge is 0.309 e. The Kier molecular flexibility index (Phi) is 6.59. The van der Waals surface area contributed by atoms with Gasteiger partial charge in [-0.3, -0.25) is 4.79 Å². The lowest BCUT2D eigenvalue weighted by Gasteiger charge is -2.31. The Labute approximate surface area is 150 Å². The number of piperidine rings is 1. The third-order valence-corrected chi connectivity index (χ3v) is 6.73. The molecule has 0 bridgehead atoms. The maximum atomic E-state index is 13.0. The quantitative estimate of drug-likeness (QED) is 0.568. The van der Waals surface area contributed by atoms with Crippen LogP contribution in [0.15, 0.2) is 17.0 Å². The fourth-order valence-corrected chi connectivity index (χ4v) is 5.26. The average molecular weight is 369 g/mol. The summed E-state index contributed by atoms with van der Waals surface area (Å²) in [5, 5.41) is 0. The molecule has 0 aliphatic carbocycles. The topological polar surface area (TPSA) is 72.9 Å². The summed E-state index contributed by atoms with van der Waals surface area (Å²) in [4.78, 5) is 12.4. The van der Waals surface area contributed by atoms with Gasteiger partial charge in [-0.15, -0.1) is 0 Å². The summed E-state index contributed by atoms with van der Waals surface area (Å²) in [6.45, 7) is 6.87. The summed E-state index contributed by atoms with van der Waals surface area (Å²) in [6, 6.07) is 3.78. The highest BCUT2D eigenvalue weighted by Crippen LogP contribution is 2.29. The molecule has 0 saturated carbocycles. The summed E-state index contributed by atoms with van der Waals surface area (Å²) in [7, 11) is -2.00. The molecular weight excluding hydrogens is 342 g/mol. The van der Waals surface area contributed by atoms with Gasteiger partial charge in [0.25, 0.3) is 0 Å². The minimum Gasteiger partial charge on any atom is -0.463 e. The van der Waals surface area contributed by atoms with Crippen molar-refractivity contribution in [1.29, 1.82) is 0 Å². The number of carbonyl (C=O) groups is 1. The number of benzene rings is 1. The second-order valence-electron chi connectivity index (χ2n) is 6.57. The Morgan fingerprint density at radius 3 is 2.20 bits per heavy atom. The molecule has 1 aromatic carbocycles. The van der Waals surface area contributed by atoms with Gasteiger partial charge in [0.1, 0.15) is 6.61 Å². The number of rotatable bonds is 6. The van der Waals surface area contributed by atoms with Crippen molar-refractivity contribution in [3.05, 3.63) is 28.8 Å². The third kappa shape index (κ3) is 4.59. The van der Waals surface area contributed by atoms with Crippen LogP contribution < -0.4 is 0 Å². The van der Waals surface area contributed by atoms with Gasteiger partial charge in [0.05, 0.1) is 17.4 Å². The molecule has 0 atom stereocenters. The first-order chi connectivity index (χ1) is 11.8. The number of sulfonamides is 1. The van der Waals surface area contributed by atoms with Gasteiger partial charge >= 0.3 is 5.97 Å². The zero-order valence-corrected chi connectivity index (χ0v) is 16.2. The standard InChI is InChI=1S/C18H27NO5S/c1-13-11-14(2)17(15(3)12-13)25(21,22)19-7-5-16(6-8-19)18(20)24-10-9-23-4/h11-12,16H,5-10H2,1-4H3. The molecule has 0 amide bonds. The van der Waals surface area contributed by atoms with E-state index in [1.807, 2.05) is 32.9 Å². The molecule has 1 aromatic rings. The number of methoxy groups -OCH3 is 1. The van der Waals surface area contributed by atoms with Gasteiger partial charge in [-0.1, -0.05) is 17.7 Å². The van der Waals surface area contributed by atoms with E-state index in [-0.39, 0.29) is 18.5 Å². The fraction of sp³-hybridized carbons (Fsp3) is 0.611. The molecule has 0 aromatic heterocycles. The van der Waals surface area contributed by atoms with Crippen LogP contribution in [0.2, 0.25) is 0 Å². The molecule has 1 aliphatic heterocycles. The predicted molar refractivity (Wildman–Crippen MR) is 95.0 cm³/mol. The van der Waals surface area contributed by atoms with Crippen LogP contribution in [-0.4, -0.2) is 52.1 Å². The third-order valence-electron chi connectivity index (χ3n) is 4.52. The molecular formula is C18H27NO5S. The van der Waals surface area contributed by atoms with Crippen molar-refractivity contribution in [1.82, 2.24) is 4.31 Å². The zero-order chi connectivity index (χ0) is 18.6. The summed E-state index contributed by atoms with van der Waals surface area (Å²) < 4.78 is 37.5. The minimum absolute atomic E-state index is 0.232.